The lowest BCUT2D eigenvalue weighted by Gasteiger charge is -2.34. The van der Waals surface area contributed by atoms with Gasteiger partial charge in [-0.05, 0) is 62.4 Å². The molecule has 3 N–H and O–H groups in total. The van der Waals surface area contributed by atoms with Crippen LogP contribution in [0.1, 0.15) is 57.2 Å². The lowest BCUT2D eigenvalue weighted by Crippen LogP contribution is -2.49. The minimum absolute atomic E-state index is 0.0481. The zero-order valence-corrected chi connectivity index (χ0v) is 21.0. The summed E-state index contributed by atoms with van der Waals surface area (Å²) >= 11 is 0. The quantitative estimate of drug-likeness (QED) is 0.547. The normalized spacial score (nSPS) is 23.6. The van der Waals surface area contributed by atoms with Gasteiger partial charge in [0.2, 0.25) is 0 Å². The summed E-state index contributed by atoms with van der Waals surface area (Å²) in [6, 6.07) is 11.4. The van der Waals surface area contributed by atoms with Crippen LogP contribution in [0.3, 0.4) is 0 Å². The highest BCUT2D eigenvalue weighted by Crippen LogP contribution is 2.31. The lowest BCUT2D eigenvalue weighted by atomic mass is 9.91. The molecule has 192 valence electrons. The van der Waals surface area contributed by atoms with Crippen LogP contribution in [0, 0.1) is 6.92 Å². The first-order valence-corrected chi connectivity index (χ1v) is 12.9. The van der Waals surface area contributed by atoms with Gasteiger partial charge in [0, 0.05) is 24.7 Å². The maximum atomic E-state index is 13.3. The number of rotatable bonds is 7. The molecule has 0 aliphatic carbocycles. The van der Waals surface area contributed by atoms with Gasteiger partial charge in [0.1, 0.15) is 5.75 Å². The number of hydrogen-bond acceptors (Lipinski definition) is 6. The summed E-state index contributed by atoms with van der Waals surface area (Å²) in [5.74, 6) is -0.0147. The molecular formula is C28H35N3O5. The van der Waals surface area contributed by atoms with E-state index in [4.69, 9.17) is 9.47 Å². The predicted molar refractivity (Wildman–Crippen MR) is 135 cm³/mol. The molecule has 0 saturated carbocycles. The zero-order chi connectivity index (χ0) is 25.2. The van der Waals surface area contributed by atoms with Crippen LogP contribution in [-0.4, -0.2) is 72.4 Å². The smallest absolute Gasteiger partial charge is 0.255 e. The van der Waals surface area contributed by atoms with Gasteiger partial charge in [-0.2, -0.15) is 0 Å². The molecular weight excluding hydrogens is 458 g/mol. The summed E-state index contributed by atoms with van der Waals surface area (Å²) in [4.78, 5) is 28.2. The summed E-state index contributed by atoms with van der Waals surface area (Å²) in [7, 11) is 0. The van der Waals surface area contributed by atoms with Crippen molar-refractivity contribution < 1.29 is 24.2 Å². The van der Waals surface area contributed by atoms with Crippen molar-refractivity contribution in [2.24, 2.45) is 0 Å². The third kappa shape index (κ3) is 4.98. The zero-order valence-electron chi connectivity index (χ0n) is 21.0. The highest BCUT2D eigenvalue weighted by atomic mass is 16.5. The van der Waals surface area contributed by atoms with Gasteiger partial charge >= 0.3 is 0 Å². The van der Waals surface area contributed by atoms with E-state index in [9.17, 15) is 14.7 Å². The Balaban J connectivity index is 1.24. The van der Waals surface area contributed by atoms with E-state index in [1.807, 2.05) is 11.8 Å². The molecule has 3 heterocycles. The Hall–Kier alpha value is -2.94. The number of carbonyl (C=O) groups excluding carboxylic acids is 2. The third-order valence-corrected chi connectivity index (χ3v) is 7.54. The Labute approximate surface area is 212 Å². The first kappa shape index (κ1) is 24.7. The van der Waals surface area contributed by atoms with Crippen molar-refractivity contribution in [3.05, 3.63) is 64.2 Å². The molecule has 2 aromatic rings. The molecule has 3 aliphatic rings. The summed E-state index contributed by atoms with van der Waals surface area (Å²) < 4.78 is 11.3. The standard InChI is InChI=1S/C28H35N3O5/c1-3-36-26-12-18(28(34)31-21-7-8-22(31)16-35-15-21)6-9-23(26)27(33)30-14-25(32)24-11-20-10-17(2)4-5-19(20)13-29-24/h4-6,9-10,12,21-22,24-25,29,32H,3,7-8,11,13-16H2,1-2H3,(H,30,33)/t21?,22?,24-,25?/m0/s1. The van der Waals surface area contributed by atoms with E-state index >= 15 is 0 Å². The summed E-state index contributed by atoms with van der Waals surface area (Å²) in [5.41, 5.74) is 4.53. The van der Waals surface area contributed by atoms with Crippen molar-refractivity contribution in [1.82, 2.24) is 15.5 Å². The number of hydrogen-bond donors (Lipinski definition) is 3. The highest BCUT2D eigenvalue weighted by Gasteiger charge is 2.40. The lowest BCUT2D eigenvalue weighted by molar-refractivity contribution is -0.00717. The second-order valence-corrected chi connectivity index (χ2v) is 10.0. The van der Waals surface area contributed by atoms with E-state index in [-0.39, 0.29) is 36.5 Å². The van der Waals surface area contributed by atoms with E-state index in [0.717, 1.165) is 12.8 Å². The number of benzene rings is 2. The summed E-state index contributed by atoms with van der Waals surface area (Å²) in [5, 5.41) is 17.0. The van der Waals surface area contributed by atoms with Gasteiger partial charge in [-0.1, -0.05) is 23.8 Å². The SMILES string of the molecule is CCOc1cc(C(=O)N2C3CCC2COC3)ccc1C(=O)NCC(O)[C@@H]1Cc2cc(C)ccc2CN1. The molecule has 4 atom stereocenters. The molecule has 36 heavy (non-hydrogen) atoms. The van der Waals surface area contributed by atoms with Crippen LogP contribution in [0.25, 0.3) is 0 Å². The molecule has 2 aromatic carbocycles. The van der Waals surface area contributed by atoms with E-state index in [2.05, 4.69) is 35.8 Å². The van der Waals surface area contributed by atoms with Crippen molar-refractivity contribution in [2.45, 2.75) is 63.9 Å². The molecule has 2 saturated heterocycles. The van der Waals surface area contributed by atoms with Gasteiger partial charge in [0.05, 0.1) is 43.6 Å². The van der Waals surface area contributed by atoms with Crippen molar-refractivity contribution in [3.63, 3.8) is 0 Å². The van der Waals surface area contributed by atoms with Gasteiger partial charge in [0.25, 0.3) is 11.8 Å². The molecule has 8 nitrogen and oxygen atoms in total. The number of nitrogens with one attached hydrogen (secondary N) is 2. The van der Waals surface area contributed by atoms with Gasteiger partial charge in [-0.15, -0.1) is 0 Å². The average molecular weight is 494 g/mol. The minimum Gasteiger partial charge on any atom is -0.493 e. The molecule has 0 spiro atoms. The number of aliphatic hydroxyl groups excluding tert-OH is 1. The first-order chi connectivity index (χ1) is 17.4. The number of ether oxygens (including phenoxy) is 2. The highest BCUT2D eigenvalue weighted by molar-refractivity contribution is 6.00. The maximum absolute atomic E-state index is 13.3. The van der Waals surface area contributed by atoms with Gasteiger partial charge in [-0.25, -0.2) is 0 Å². The predicted octanol–water partition coefficient (Wildman–Crippen LogP) is 2.20. The number of morpholine rings is 1. The number of carbonyl (C=O) groups is 2. The van der Waals surface area contributed by atoms with E-state index < -0.39 is 6.10 Å². The van der Waals surface area contributed by atoms with Crippen LogP contribution in [0.5, 0.6) is 5.75 Å². The van der Waals surface area contributed by atoms with Crippen LogP contribution in [-0.2, 0) is 17.7 Å². The molecule has 2 bridgehead atoms. The number of aryl methyl sites for hydroxylation is 1. The van der Waals surface area contributed by atoms with E-state index in [1.165, 1.54) is 16.7 Å². The Kier molecular flexibility index (Phi) is 7.27. The fourth-order valence-electron chi connectivity index (χ4n) is 5.60. The monoisotopic (exact) mass is 493 g/mol. The van der Waals surface area contributed by atoms with Gasteiger partial charge in [-0.3, -0.25) is 9.59 Å². The second kappa shape index (κ2) is 10.6. The number of fused-ring (bicyclic) bond motifs is 3. The molecule has 2 fully saturated rings. The topological polar surface area (TPSA) is 100 Å². The van der Waals surface area contributed by atoms with Crippen molar-refractivity contribution >= 4 is 11.8 Å². The fraction of sp³-hybridized carbons (Fsp3) is 0.500. The van der Waals surface area contributed by atoms with Crippen LogP contribution in [0.2, 0.25) is 0 Å². The van der Waals surface area contributed by atoms with Crippen LogP contribution < -0.4 is 15.4 Å². The molecule has 2 amide bonds. The van der Waals surface area contributed by atoms with Gasteiger partial charge in [0.15, 0.2) is 0 Å². The van der Waals surface area contributed by atoms with Crippen molar-refractivity contribution in [3.8, 4) is 5.75 Å². The fourth-order valence-corrected chi connectivity index (χ4v) is 5.60. The number of aliphatic hydroxyl groups is 1. The van der Waals surface area contributed by atoms with Crippen molar-refractivity contribution in [1.29, 1.82) is 0 Å². The Morgan fingerprint density at radius 2 is 1.94 bits per heavy atom. The number of amides is 2. The van der Waals surface area contributed by atoms with E-state index in [0.29, 0.717) is 49.7 Å². The molecule has 0 aromatic heterocycles. The Morgan fingerprint density at radius 3 is 2.69 bits per heavy atom. The van der Waals surface area contributed by atoms with Gasteiger partial charge < -0.3 is 30.1 Å². The average Bonchev–Trinajstić information content (AvgIpc) is 3.13. The largest absolute Gasteiger partial charge is 0.493 e. The molecule has 3 aliphatic heterocycles. The minimum atomic E-state index is -0.740. The summed E-state index contributed by atoms with van der Waals surface area (Å²) in [6.07, 6.45) is 1.88. The van der Waals surface area contributed by atoms with Crippen LogP contribution in [0.15, 0.2) is 36.4 Å². The Morgan fingerprint density at radius 1 is 1.17 bits per heavy atom. The maximum Gasteiger partial charge on any atom is 0.255 e. The first-order valence-electron chi connectivity index (χ1n) is 12.9. The molecule has 0 radical (unpaired) electrons. The molecule has 3 unspecified atom stereocenters. The summed E-state index contributed by atoms with van der Waals surface area (Å²) in [6.45, 7) is 6.23. The van der Waals surface area contributed by atoms with Crippen LogP contribution in [0.4, 0.5) is 0 Å². The third-order valence-electron chi connectivity index (χ3n) is 7.54. The second-order valence-electron chi connectivity index (χ2n) is 10.0. The molecule has 8 heteroatoms. The van der Waals surface area contributed by atoms with Crippen LogP contribution >= 0.6 is 0 Å². The van der Waals surface area contributed by atoms with E-state index in [1.54, 1.807) is 18.2 Å². The Bertz CT molecular complexity index is 1120. The number of nitrogens with zero attached hydrogens (tertiary/aromatic N) is 1. The molecule has 5 rings (SSSR count). The van der Waals surface area contributed by atoms with Crippen molar-refractivity contribution in [2.75, 3.05) is 26.4 Å².